The molecule has 1 atom stereocenters. The molecule has 1 unspecified atom stereocenters. The van der Waals surface area contributed by atoms with Gasteiger partial charge >= 0.3 is 0 Å². The summed E-state index contributed by atoms with van der Waals surface area (Å²) in [5.41, 5.74) is 1.61. The summed E-state index contributed by atoms with van der Waals surface area (Å²) in [4.78, 5) is 7.10. The van der Waals surface area contributed by atoms with Gasteiger partial charge in [0, 0.05) is 23.3 Å². The van der Waals surface area contributed by atoms with Gasteiger partial charge in [-0.25, -0.2) is 4.98 Å². The molecule has 0 aliphatic rings. The molecule has 2 heterocycles. The zero-order valence-corrected chi connectivity index (χ0v) is 7.07. The molecule has 0 radical (unpaired) electrons. The Morgan fingerprint density at radius 2 is 2.46 bits per heavy atom. The van der Waals surface area contributed by atoms with Crippen LogP contribution in [-0.4, -0.2) is 15.1 Å². The predicted octanol–water partition coefficient (Wildman–Crippen LogP) is 1.78. The van der Waals surface area contributed by atoms with Crippen LogP contribution in [0, 0.1) is 0 Å². The van der Waals surface area contributed by atoms with Crippen LogP contribution in [0.4, 0.5) is 0 Å². The maximum absolute atomic E-state index is 9.55. The number of nitrogens with zero attached hydrogens (tertiary/aromatic N) is 1. The SMILES string of the molecule is C=CC(O)c1c[nH]c2ncccc12. The number of aromatic nitrogens is 2. The molecule has 0 spiro atoms. The molecule has 0 saturated heterocycles. The van der Waals surface area contributed by atoms with E-state index < -0.39 is 6.10 Å². The molecule has 0 amide bonds. The number of H-pyrrole nitrogens is 1. The third-order valence-corrected chi connectivity index (χ3v) is 2.03. The standard InChI is InChI=1S/C10H10N2O/c1-2-9(13)8-6-12-10-7(8)4-3-5-11-10/h2-6,9,13H,1H2,(H,11,12). The van der Waals surface area contributed by atoms with E-state index in [1.807, 2.05) is 12.1 Å². The van der Waals surface area contributed by atoms with E-state index in [1.54, 1.807) is 12.4 Å². The van der Waals surface area contributed by atoms with Gasteiger partial charge in [0.05, 0.1) is 6.10 Å². The van der Waals surface area contributed by atoms with Gasteiger partial charge < -0.3 is 10.1 Å². The van der Waals surface area contributed by atoms with Crippen molar-refractivity contribution < 1.29 is 5.11 Å². The van der Waals surface area contributed by atoms with E-state index in [4.69, 9.17) is 0 Å². The molecule has 0 aliphatic heterocycles. The van der Waals surface area contributed by atoms with Crippen LogP contribution in [0.1, 0.15) is 11.7 Å². The van der Waals surface area contributed by atoms with Crippen LogP contribution < -0.4 is 0 Å². The van der Waals surface area contributed by atoms with Crippen molar-refractivity contribution >= 4 is 11.0 Å². The summed E-state index contributed by atoms with van der Waals surface area (Å²) >= 11 is 0. The minimum Gasteiger partial charge on any atom is -0.384 e. The van der Waals surface area contributed by atoms with Gasteiger partial charge in [-0.2, -0.15) is 0 Å². The zero-order chi connectivity index (χ0) is 9.26. The minimum absolute atomic E-state index is 0.627. The Balaban J connectivity index is 2.64. The molecule has 3 nitrogen and oxygen atoms in total. The molecular formula is C10H10N2O. The molecule has 3 heteroatoms. The second-order valence-electron chi connectivity index (χ2n) is 2.82. The maximum Gasteiger partial charge on any atom is 0.137 e. The van der Waals surface area contributed by atoms with Crippen LogP contribution in [-0.2, 0) is 0 Å². The molecule has 2 aromatic rings. The van der Waals surface area contributed by atoms with E-state index in [9.17, 15) is 5.11 Å². The van der Waals surface area contributed by atoms with Crippen molar-refractivity contribution in [3.8, 4) is 0 Å². The van der Waals surface area contributed by atoms with E-state index in [1.165, 1.54) is 6.08 Å². The molecule has 2 N–H and O–H groups in total. The summed E-state index contributed by atoms with van der Waals surface area (Å²) in [6, 6.07) is 3.76. The van der Waals surface area contributed by atoms with Gasteiger partial charge in [-0.15, -0.1) is 6.58 Å². The average molecular weight is 174 g/mol. The van der Waals surface area contributed by atoms with Gasteiger partial charge in [-0.1, -0.05) is 6.08 Å². The molecule has 0 saturated carbocycles. The van der Waals surface area contributed by atoms with Crippen LogP contribution in [0.2, 0.25) is 0 Å². The molecule has 0 aliphatic carbocycles. The van der Waals surface area contributed by atoms with Crippen LogP contribution in [0.3, 0.4) is 0 Å². The van der Waals surface area contributed by atoms with Crippen molar-refractivity contribution in [2.75, 3.05) is 0 Å². The summed E-state index contributed by atoms with van der Waals surface area (Å²) in [6.07, 6.45) is 4.33. The number of nitrogens with one attached hydrogen (secondary N) is 1. The molecule has 0 bridgehead atoms. The highest BCUT2D eigenvalue weighted by Crippen LogP contribution is 2.22. The lowest BCUT2D eigenvalue weighted by Crippen LogP contribution is -1.89. The first-order valence-corrected chi connectivity index (χ1v) is 4.05. The van der Waals surface area contributed by atoms with Crippen molar-refractivity contribution in [2.45, 2.75) is 6.10 Å². The van der Waals surface area contributed by atoms with E-state index in [0.29, 0.717) is 0 Å². The monoisotopic (exact) mass is 174 g/mol. The zero-order valence-electron chi connectivity index (χ0n) is 7.07. The largest absolute Gasteiger partial charge is 0.384 e. The molecular weight excluding hydrogens is 164 g/mol. The summed E-state index contributed by atoms with van der Waals surface area (Å²) < 4.78 is 0. The van der Waals surface area contributed by atoms with Crippen LogP contribution in [0.25, 0.3) is 11.0 Å². The molecule has 2 rings (SSSR count). The van der Waals surface area contributed by atoms with Gasteiger partial charge in [0.25, 0.3) is 0 Å². The number of pyridine rings is 1. The van der Waals surface area contributed by atoms with Gasteiger partial charge in [0.15, 0.2) is 0 Å². The van der Waals surface area contributed by atoms with E-state index in [2.05, 4.69) is 16.5 Å². The van der Waals surface area contributed by atoms with Gasteiger partial charge in [0.1, 0.15) is 5.65 Å². The smallest absolute Gasteiger partial charge is 0.137 e. The van der Waals surface area contributed by atoms with Crippen molar-refractivity contribution in [3.63, 3.8) is 0 Å². The number of aromatic amines is 1. The molecule has 0 fully saturated rings. The average Bonchev–Trinajstić information content (AvgIpc) is 2.60. The van der Waals surface area contributed by atoms with E-state index >= 15 is 0 Å². The van der Waals surface area contributed by atoms with Gasteiger partial charge in [-0.05, 0) is 12.1 Å². The summed E-state index contributed by atoms with van der Waals surface area (Å²) in [5.74, 6) is 0. The van der Waals surface area contributed by atoms with Crippen LogP contribution >= 0.6 is 0 Å². The fourth-order valence-corrected chi connectivity index (χ4v) is 1.35. The first-order chi connectivity index (χ1) is 6.33. The topological polar surface area (TPSA) is 48.9 Å². The highest BCUT2D eigenvalue weighted by atomic mass is 16.3. The quantitative estimate of drug-likeness (QED) is 0.682. The highest BCUT2D eigenvalue weighted by Gasteiger charge is 2.08. The fourth-order valence-electron chi connectivity index (χ4n) is 1.35. The third kappa shape index (κ3) is 1.23. The van der Waals surface area contributed by atoms with Crippen molar-refractivity contribution in [1.82, 2.24) is 9.97 Å². The lowest BCUT2D eigenvalue weighted by Gasteiger charge is -2.01. The van der Waals surface area contributed by atoms with Crippen LogP contribution in [0.15, 0.2) is 37.2 Å². The number of aliphatic hydroxyl groups excluding tert-OH is 1. The Morgan fingerprint density at radius 3 is 3.23 bits per heavy atom. The second-order valence-corrected chi connectivity index (χ2v) is 2.82. The fraction of sp³-hybridized carbons (Fsp3) is 0.100. The Bertz CT molecular complexity index is 433. The Kier molecular flexibility index (Phi) is 1.87. The second kappa shape index (κ2) is 3.03. The predicted molar refractivity (Wildman–Crippen MR) is 51.3 cm³/mol. The van der Waals surface area contributed by atoms with Crippen molar-refractivity contribution in [3.05, 3.63) is 42.7 Å². The van der Waals surface area contributed by atoms with E-state index in [0.717, 1.165) is 16.6 Å². The molecule has 0 aromatic carbocycles. The van der Waals surface area contributed by atoms with E-state index in [-0.39, 0.29) is 0 Å². The Labute approximate surface area is 75.7 Å². The number of hydrogen-bond donors (Lipinski definition) is 2. The van der Waals surface area contributed by atoms with Crippen molar-refractivity contribution in [1.29, 1.82) is 0 Å². The summed E-state index contributed by atoms with van der Waals surface area (Å²) in [6.45, 7) is 3.54. The lowest BCUT2D eigenvalue weighted by molar-refractivity contribution is 0.230. The molecule has 13 heavy (non-hydrogen) atoms. The van der Waals surface area contributed by atoms with Crippen molar-refractivity contribution in [2.24, 2.45) is 0 Å². The first kappa shape index (κ1) is 8.01. The van der Waals surface area contributed by atoms with Gasteiger partial charge in [-0.3, -0.25) is 0 Å². The first-order valence-electron chi connectivity index (χ1n) is 4.05. The highest BCUT2D eigenvalue weighted by molar-refractivity contribution is 5.80. The van der Waals surface area contributed by atoms with Crippen LogP contribution in [0.5, 0.6) is 0 Å². The molecule has 66 valence electrons. The summed E-state index contributed by atoms with van der Waals surface area (Å²) in [5, 5.41) is 10.5. The summed E-state index contributed by atoms with van der Waals surface area (Å²) in [7, 11) is 0. The normalized spacial score (nSPS) is 13.0. The lowest BCUT2D eigenvalue weighted by atomic mass is 10.1. The minimum atomic E-state index is -0.627. The number of hydrogen-bond acceptors (Lipinski definition) is 2. The number of rotatable bonds is 2. The maximum atomic E-state index is 9.55. The van der Waals surface area contributed by atoms with Gasteiger partial charge in [0.2, 0.25) is 0 Å². The number of fused-ring (bicyclic) bond motifs is 1. The number of aliphatic hydroxyl groups is 1. The Hall–Kier alpha value is -1.61. The molecule has 2 aromatic heterocycles. The Morgan fingerprint density at radius 1 is 1.62 bits per heavy atom. The third-order valence-electron chi connectivity index (χ3n) is 2.03.